The number of ether oxygens (including phenoxy) is 1. The second-order valence-electron chi connectivity index (χ2n) is 12.9. The van der Waals surface area contributed by atoms with E-state index >= 15 is 0 Å². The minimum Gasteiger partial charge on any atom is -0.543 e. The number of allylic oxidation sites excluding steroid dienone is 1. The summed E-state index contributed by atoms with van der Waals surface area (Å²) in [7, 11) is -2.42. The van der Waals surface area contributed by atoms with Crippen molar-refractivity contribution in [2.24, 2.45) is 11.3 Å². The number of carbonyl (C=O) groups is 4. The summed E-state index contributed by atoms with van der Waals surface area (Å²) in [5.41, 5.74) is 0.154. The third-order valence-corrected chi connectivity index (χ3v) is 15.9. The lowest BCUT2D eigenvalue weighted by Gasteiger charge is -2.42. The molecule has 1 aromatic carbocycles. The molecule has 7 nitrogen and oxygen atoms in total. The van der Waals surface area contributed by atoms with Gasteiger partial charge in [-0.1, -0.05) is 67.0 Å². The molecule has 0 N–H and O–H groups in total. The number of esters is 1. The number of nitrogens with zero attached hydrogens (tertiary/aromatic N) is 1. The SMILES string of the molecule is CCOC(=O)[C@]1(C)C(=O)N2c3cc(O[Si](C(C)C)(C(C)C)C(C)C)cc4c3[C@H](C(C)=C[C@@]2(CC)C1=O)[C@@H](C)C4=O. The molecular weight excluding hydrogens is 522 g/mol. The fraction of sp³-hybridized carbons (Fsp3) is 0.625. The van der Waals surface area contributed by atoms with E-state index in [2.05, 4.69) is 41.5 Å². The minimum absolute atomic E-state index is 0.000447. The Morgan fingerprint density at radius 1 is 1.02 bits per heavy atom. The van der Waals surface area contributed by atoms with Gasteiger partial charge in [-0.3, -0.25) is 24.1 Å². The number of Topliss-reactive ketones (excluding diaryl/α,β-unsaturated/α-hetero) is 2. The zero-order valence-electron chi connectivity index (χ0n) is 25.9. The van der Waals surface area contributed by atoms with Gasteiger partial charge in [0, 0.05) is 23.5 Å². The summed E-state index contributed by atoms with van der Waals surface area (Å²) in [6.45, 7) is 21.9. The molecule has 4 rings (SSSR count). The van der Waals surface area contributed by atoms with E-state index in [9.17, 15) is 19.2 Å². The van der Waals surface area contributed by atoms with E-state index in [-0.39, 0.29) is 30.6 Å². The first-order valence-electron chi connectivity index (χ1n) is 14.7. The van der Waals surface area contributed by atoms with Gasteiger partial charge >= 0.3 is 5.97 Å². The summed E-state index contributed by atoms with van der Waals surface area (Å²) >= 11 is 0. The fourth-order valence-electron chi connectivity index (χ4n) is 8.05. The van der Waals surface area contributed by atoms with Crippen molar-refractivity contribution in [3.05, 3.63) is 34.9 Å². The van der Waals surface area contributed by atoms with Crippen molar-refractivity contribution >= 4 is 37.4 Å². The Hall–Kier alpha value is -2.74. The molecule has 1 fully saturated rings. The van der Waals surface area contributed by atoms with E-state index in [1.807, 2.05) is 39.0 Å². The Labute approximate surface area is 239 Å². The van der Waals surface area contributed by atoms with Crippen LogP contribution in [0, 0.1) is 11.3 Å². The lowest BCUT2D eigenvalue weighted by Crippen LogP contribution is -2.51. The summed E-state index contributed by atoms with van der Waals surface area (Å²) in [5.74, 6) is -2.01. The van der Waals surface area contributed by atoms with Crippen LogP contribution in [0.2, 0.25) is 16.6 Å². The van der Waals surface area contributed by atoms with Crippen LogP contribution < -0.4 is 9.33 Å². The number of hydrogen-bond donors (Lipinski definition) is 0. The van der Waals surface area contributed by atoms with Gasteiger partial charge in [0.2, 0.25) is 5.41 Å². The molecule has 1 amide bonds. The highest BCUT2D eigenvalue weighted by atomic mass is 28.4. The van der Waals surface area contributed by atoms with Crippen molar-refractivity contribution in [1.29, 1.82) is 0 Å². The highest BCUT2D eigenvalue weighted by Gasteiger charge is 2.69. The number of amides is 1. The van der Waals surface area contributed by atoms with Crippen molar-refractivity contribution in [3.8, 4) is 5.75 Å². The van der Waals surface area contributed by atoms with Crippen molar-refractivity contribution < 1.29 is 28.3 Å². The Kier molecular flexibility index (Phi) is 7.53. The quantitative estimate of drug-likeness (QED) is 0.149. The lowest BCUT2D eigenvalue weighted by atomic mass is 9.77. The molecule has 1 aromatic rings. The molecule has 3 aliphatic rings. The number of fused-ring (bicyclic) bond motifs is 2. The van der Waals surface area contributed by atoms with Gasteiger partial charge in [0.25, 0.3) is 14.2 Å². The molecule has 0 radical (unpaired) electrons. The first-order valence-corrected chi connectivity index (χ1v) is 16.9. The van der Waals surface area contributed by atoms with E-state index in [0.29, 0.717) is 33.6 Å². The molecule has 0 unspecified atom stereocenters. The normalized spacial score (nSPS) is 27.8. The molecule has 218 valence electrons. The highest BCUT2D eigenvalue weighted by Crippen LogP contribution is 2.57. The van der Waals surface area contributed by atoms with Crippen LogP contribution in [0.3, 0.4) is 0 Å². The third kappa shape index (κ3) is 3.73. The molecule has 8 heteroatoms. The molecule has 2 heterocycles. The van der Waals surface area contributed by atoms with Gasteiger partial charge in [0.1, 0.15) is 11.3 Å². The van der Waals surface area contributed by atoms with Crippen molar-refractivity contribution in [2.75, 3.05) is 11.5 Å². The van der Waals surface area contributed by atoms with Gasteiger partial charge in [0.15, 0.2) is 11.6 Å². The average molecular weight is 568 g/mol. The molecule has 0 aromatic heterocycles. The first kappa shape index (κ1) is 30.2. The van der Waals surface area contributed by atoms with Crippen LogP contribution in [0.4, 0.5) is 5.69 Å². The Morgan fingerprint density at radius 2 is 1.60 bits per heavy atom. The summed E-state index contributed by atoms with van der Waals surface area (Å²) in [6, 6.07) is 3.71. The van der Waals surface area contributed by atoms with Crippen LogP contribution in [0.15, 0.2) is 23.8 Å². The van der Waals surface area contributed by atoms with Crippen molar-refractivity contribution in [1.82, 2.24) is 0 Å². The van der Waals surface area contributed by atoms with Gasteiger partial charge in [-0.25, -0.2) is 0 Å². The average Bonchev–Trinajstić information content (AvgIpc) is 3.17. The molecule has 2 aliphatic heterocycles. The summed E-state index contributed by atoms with van der Waals surface area (Å²) in [5, 5.41) is 0. The maximum absolute atomic E-state index is 14.4. The predicted octanol–water partition coefficient (Wildman–Crippen LogP) is 6.75. The predicted molar refractivity (Wildman–Crippen MR) is 158 cm³/mol. The van der Waals surface area contributed by atoms with Crippen LogP contribution in [-0.4, -0.2) is 43.9 Å². The molecule has 1 saturated heterocycles. The minimum atomic E-state index is -2.42. The smallest absolute Gasteiger partial charge is 0.329 e. The van der Waals surface area contributed by atoms with E-state index in [4.69, 9.17) is 9.16 Å². The summed E-state index contributed by atoms with van der Waals surface area (Å²) in [6.07, 6.45) is 2.11. The Morgan fingerprint density at radius 3 is 2.10 bits per heavy atom. The number of rotatable bonds is 8. The van der Waals surface area contributed by atoms with Crippen LogP contribution in [-0.2, 0) is 19.1 Å². The largest absolute Gasteiger partial charge is 0.543 e. The molecule has 0 bridgehead atoms. The fourth-order valence-corrected chi connectivity index (χ4v) is 13.3. The first-order chi connectivity index (χ1) is 18.6. The van der Waals surface area contributed by atoms with Crippen LogP contribution in [0.25, 0.3) is 0 Å². The standard InChI is InChI=1S/C32H45NO6Si/c1-12-32-16-20(9)25-21(10)27(34)23-14-22(39-40(17(3)4,18(5)6)19(7)8)15-24(26(23)25)33(32)29(36)31(11,28(32)35)30(37)38-13-2/h14-19,21,25H,12-13H2,1-11H3/t21-,25-,31+,32+/m1/s1. The van der Waals surface area contributed by atoms with Gasteiger partial charge in [-0.15, -0.1) is 0 Å². The molecular formula is C32H45NO6Si. The Bertz CT molecular complexity index is 1290. The number of carbonyl (C=O) groups excluding carboxylic acids is 4. The molecule has 0 saturated carbocycles. The summed E-state index contributed by atoms with van der Waals surface area (Å²) < 4.78 is 12.3. The molecule has 1 aliphatic carbocycles. The second-order valence-corrected chi connectivity index (χ2v) is 18.3. The van der Waals surface area contributed by atoms with Gasteiger partial charge in [0.05, 0.1) is 12.3 Å². The van der Waals surface area contributed by atoms with Crippen LogP contribution in [0.1, 0.15) is 104 Å². The molecule has 40 heavy (non-hydrogen) atoms. The molecule has 0 spiro atoms. The zero-order valence-corrected chi connectivity index (χ0v) is 26.9. The van der Waals surface area contributed by atoms with Gasteiger partial charge in [-0.05, 0) is 55.4 Å². The molecule has 4 atom stereocenters. The summed E-state index contributed by atoms with van der Waals surface area (Å²) in [4.78, 5) is 57.1. The van der Waals surface area contributed by atoms with E-state index in [1.165, 1.54) is 11.8 Å². The number of anilines is 1. The second kappa shape index (κ2) is 9.96. The lowest BCUT2D eigenvalue weighted by molar-refractivity contribution is -0.160. The topological polar surface area (TPSA) is 90.0 Å². The zero-order chi connectivity index (χ0) is 30.1. The van der Waals surface area contributed by atoms with Gasteiger partial charge in [-0.2, -0.15) is 0 Å². The number of ketones is 2. The van der Waals surface area contributed by atoms with Crippen LogP contribution >= 0.6 is 0 Å². The van der Waals surface area contributed by atoms with Crippen molar-refractivity contribution in [2.45, 2.75) is 111 Å². The van der Waals surface area contributed by atoms with E-state index < -0.39 is 36.9 Å². The third-order valence-electron chi connectivity index (χ3n) is 9.92. The maximum atomic E-state index is 14.4. The number of benzene rings is 1. The van der Waals surface area contributed by atoms with Gasteiger partial charge < -0.3 is 9.16 Å². The van der Waals surface area contributed by atoms with E-state index in [1.54, 1.807) is 6.92 Å². The Balaban J connectivity index is 2.05. The highest BCUT2D eigenvalue weighted by molar-refractivity contribution is 6.78. The monoisotopic (exact) mass is 567 g/mol. The van der Waals surface area contributed by atoms with Crippen molar-refractivity contribution in [3.63, 3.8) is 0 Å². The maximum Gasteiger partial charge on any atom is 0.329 e. The number of hydrogen-bond acceptors (Lipinski definition) is 6. The van der Waals surface area contributed by atoms with E-state index in [0.717, 1.165) is 11.1 Å². The van der Waals surface area contributed by atoms with Crippen LogP contribution in [0.5, 0.6) is 5.75 Å².